The van der Waals surface area contributed by atoms with Crippen LogP contribution in [-0.2, 0) is 4.79 Å². The Labute approximate surface area is 150 Å². The second-order valence-corrected chi connectivity index (χ2v) is 6.54. The number of nitrogens with one attached hydrogen (secondary N) is 1. The summed E-state index contributed by atoms with van der Waals surface area (Å²) in [5.74, 6) is 1.83. The Bertz CT molecular complexity index is 653. The first-order valence-electron chi connectivity index (χ1n) is 8.65. The smallest absolute Gasteiger partial charge is 0.261 e. The molecule has 0 aliphatic carbocycles. The van der Waals surface area contributed by atoms with E-state index in [9.17, 15) is 4.79 Å². The fraction of sp³-hybridized carbons (Fsp3) is 0.381. The van der Waals surface area contributed by atoms with Gasteiger partial charge in [0.25, 0.3) is 5.91 Å². The lowest BCUT2D eigenvalue weighted by atomic mass is 9.96. The normalized spacial score (nSPS) is 13.2. The molecular weight excluding hydrogens is 314 g/mol. The van der Waals surface area contributed by atoms with Crippen molar-refractivity contribution in [3.8, 4) is 11.5 Å². The van der Waals surface area contributed by atoms with Crippen LogP contribution >= 0.6 is 0 Å². The number of carbonyl (C=O) groups excluding carboxylic acids is 1. The third-order valence-electron chi connectivity index (χ3n) is 3.97. The molecule has 0 radical (unpaired) electrons. The Morgan fingerprint density at radius 1 is 0.960 bits per heavy atom. The lowest BCUT2D eigenvalue weighted by molar-refractivity contribution is -0.128. The standard InChI is InChI=1S/C21H27NO3/c1-15(2)14-20(17-10-12-18(24-4)13-11-17)22-21(23)16(3)25-19-8-6-5-7-9-19/h5-13,15-16,20H,14H2,1-4H3,(H,22,23). The van der Waals surface area contributed by atoms with Crippen molar-refractivity contribution in [1.29, 1.82) is 0 Å². The molecular formula is C21H27NO3. The molecule has 0 aliphatic heterocycles. The summed E-state index contributed by atoms with van der Waals surface area (Å²) in [7, 11) is 1.64. The highest BCUT2D eigenvalue weighted by molar-refractivity contribution is 5.81. The summed E-state index contributed by atoms with van der Waals surface area (Å²) in [5.41, 5.74) is 1.06. The molecule has 0 aliphatic rings. The number of hydrogen-bond acceptors (Lipinski definition) is 3. The third-order valence-corrected chi connectivity index (χ3v) is 3.97. The van der Waals surface area contributed by atoms with Gasteiger partial charge in [0.2, 0.25) is 0 Å². The van der Waals surface area contributed by atoms with Gasteiger partial charge in [-0.25, -0.2) is 0 Å². The van der Waals surface area contributed by atoms with Gasteiger partial charge in [-0.15, -0.1) is 0 Å². The number of rotatable bonds is 8. The molecule has 4 nitrogen and oxygen atoms in total. The van der Waals surface area contributed by atoms with Crippen LogP contribution in [0.2, 0.25) is 0 Å². The quantitative estimate of drug-likeness (QED) is 0.776. The zero-order chi connectivity index (χ0) is 18.2. The monoisotopic (exact) mass is 341 g/mol. The molecule has 134 valence electrons. The number of para-hydroxylation sites is 1. The third kappa shape index (κ3) is 5.82. The maximum absolute atomic E-state index is 12.6. The molecule has 2 aromatic carbocycles. The van der Waals surface area contributed by atoms with Crippen LogP contribution in [-0.4, -0.2) is 19.1 Å². The molecule has 0 heterocycles. The Morgan fingerprint density at radius 3 is 2.16 bits per heavy atom. The first-order valence-corrected chi connectivity index (χ1v) is 8.65. The van der Waals surface area contributed by atoms with Crippen molar-refractivity contribution in [3.05, 3.63) is 60.2 Å². The molecule has 1 N–H and O–H groups in total. The van der Waals surface area contributed by atoms with Crippen LogP contribution in [0, 0.1) is 5.92 Å². The second-order valence-electron chi connectivity index (χ2n) is 6.54. The van der Waals surface area contributed by atoms with E-state index in [-0.39, 0.29) is 11.9 Å². The average Bonchev–Trinajstić information content (AvgIpc) is 2.61. The van der Waals surface area contributed by atoms with E-state index in [1.165, 1.54) is 0 Å². The zero-order valence-corrected chi connectivity index (χ0v) is 15.4. The molecule has 0 aromatic heterocycles. The van der Waals surface area contributed by atoms with Crippen LogP contribution in [0.5, 0.6) is 11.5 Å². The average molecular weight is 341 g/mol. The molecule has 0 bridgehead atoms. The maximum Gasteiger partial charge on any atom is 0.261 e. The summed E-state index contributed by atoms with van der Waals surface area (Å²) in [4.78, 5) is 12.6. The lowest BCUT2D eigenvalue weighted by Crippen LogP contribution is -2.39. The van der Waals surface area contributed by atoms with Crippen molar-refractivity contribution in [3.63, 3.8) is 0 Å². The summed E-state index contributed by atoms with van der Waals surface area (Å²) < 4.78 is 10.9. The Hall–Kier alpha value is -2.49. The van der Waals surface area contributed by atoms with E-state index in [2.05, 4.69) is 19.2 Å². The van der Waals surface area contributed by atoms with E-state index in [4.69, 9.17) is 9.47 Å². The Kier molecular flexibility index (Phi) is 6.87. The summed E-state index contributed by atoms with van der Waals surface area (Å²) in [6.07, 6.45) is 0.297. The molecule has 0 spiro atoms. The Balaban J connectivity index is 2.05. The van der Waals surface area contributed by atoms with Crippen LogP contribution in [0.4, 0.5) is 0 Å². The summed E-state index contributed by atoms with van der Waals surface area (Å²) in [5, 5.41) is 3.12. The minimum Gasteiger partial charge on any atom is -0.497 e. The van der Waals surface area contributed by atoms with Gasteiger partial charge in [0.05, 0.1) is 13.2 Å². The molecule has 2 rings (SSSR count). The van der Waals surface area contributed by atoms with Gasteiger partial charge in [-0.3, -0.25) is 4.79 Å². The fourth-order valence-corrected chi connectivity index (χ4v) is 2.63. The molecule has 0 fully saturated rings. The second kappa shape index (κ2) is 9.11. The largest absolute Gasteiger partial charge is 0.497 e. The SMILES string of the molecule is COc1ccc(C(CC(C)C)NC(=O)C(C)Oc2ccccc2)cc1. The molecule has 0 saturated carbocycles. The van der Waals surface area contributed by atoms with Crippen molar-refractivity contribution in [2.75, 3.05) is 7.11 Å². The first kappa shape index (κ1) is 18.8. The highest BCUT2D eigenvalue weighted by Gasteiger charge is 2.21. The lowest BCUT2D eigenvalue weighted by Gasteiger charge is -2.23. The van der Waals surface area contributed by atoms with Crippen molar-refractivity contribution in [1.82, 2.24) is 5.32 Å². The topological polar surface area (TPSA) is 47.6 Å². The highest BCUT2D eigenvalue weighted by atomic mass is 16.5. The van der Waals surface area contributed by atoms with Gasteiger partial charge < -0.3 is 14.8 Å². The molecule has 4 heteroatoms. The summed E-state index contributed by atoms with van der Waals surface area (Å²) >= 11 is 0. The van der Waals surface area contributed by atoms with Crippen molar-refractivity contribution >= 4 is 5.91 Å². The summed E-state index contributed by atoms with van der Waals surface area (Å²) in [6, 6.07) is 17.1. The highest BCUT2D eigenvalue weighted by Crippen LogP contribution is 2.24. The van der Waals surface area contributed by atoms with E-state index < -0.39 is 6.10 Å². The number of hydrogen-bond donors (Lipinski definition) is 1. The van der Waals surface area contributed by atoms with Crippen molar-refractivity contribution in [2.45, 2.75) is 39.3 Å². The Morgan fingerprint density at radius 2 is 1.60 bits per heavy atom. The number of benzene rings is 2. The molecule has 25 heavy (non-hydrogen) atoms. The van der Waals surface area contributed by atoms with E-state index in [1.807, 2.05) is 54.6 Å². The van der Waals surface area contributed by atoms with E-state index in [1.54, 1.807) is 14.0 Å². The predicted octanol–water partition coefficient (Wildman–Crippen LogP) is 4.37. The van der Waals surface area contributed by atoms with E-state index >= 15 is 0 Å². The molecule has 1 amide bonds. The van der Waals surface area contributed by atoms with Crippen molar-refractivity contribution in [2.24, 2.45) is 5.92 Å². The van der Waals surface area contributed by atoms with Crippen LogP contribution in [0.25, 0.3) is 0 Å². The van der Waals surface area contributed by atoms with Crippen molar-refractivity contribution < 1.29 is 14.3 Å². The van der Waals surface area contributed by atoms with Gasteiger partial charge in [-0.2, -0.15) is 0 Å². The minimum absolute atomic E-state index is 0.0553. The van der Waals surface area contributed by atoms with Gasteiger partial charge in [0.1, 0.15) is 11.5 Å². The van der Waals surface area contributed by atoms with E-state index in [0.717, 1.165) is 17.7 Å². The number of ether oxygens (including phenoxy) is 2. The van der Waals surface area contributed by atoms with Crippen LogP contribution in [0.1, 0.15) is 38.8 Å². The molecule has 2 aromatic rings. The van der Waals surface area contributed by atoms with Crippen LogP contribution < -0.4 is 14.8 Å². The molecule has 2 unspecified atom stereocenters. The summed E-state index contributed by atoms with van der Waals surface area (Å²) in [6.45, 7) is 6.06. The zero-order valence-electron chi connectivity index (χ0n) is 15.4. The number of amides is 1. The van der Waals surface area contributed by atoms with Crippen LogP contribution in [0.3, 0.4) is 0 Å². The van der Waals surface area contributed by atoms with Gasteiger partial charge in [0, 0.05) is 0 Å². The first-order chi connectivity index (χ1) is 12.0. The number of carbonyl (C=O) groups is 1. The van der Waals surface area contributed by atoms with Crippen LogP contribution in [0.15, 0.2) is 54.6 Å². The number of methoxy groups -OCH3 is 1. The molecule has 0 saturated heterocycles. The maximum atomic E-state index is 12.6. The van der Waals surface area contributed by atoms with Gasteiger partial charge >= 0.3 is 0 Å². The fourth-order valence-electron chi connectivity index (χ4n) is 2.63. The van der Waals surface area contributed by atoms with Gasteiger partial charge in [-0.05, 0) is 49.1 Å². The van der Waals surface area contributed by atoms with E-state index in [0.29, 0.717) is 11.7 Å². The van der Waals surface area contributed by atoms with Gasteiger partial charge in [-0.1, -0.05) is 44.2 Å². The van der Waals surface area contributed by atoms with Gasteiger partial charge in [0.15, 0.2) is 6.10 Å². The molecule has 2 atom stereocenters. The minimum atomic E-state index is -0.560. The predicted molar refractivity (Wildman–Crippen MR) is 99.9 cm³/mol.